The van der Waals surface area contributed by atoms with Gasteiger partial charge >= 0.3 is 5.97 Å². The Labute approximate surface area is 123 Å². The zero-order valence-electron chi connectivity index (χ0n) is 11.7. The van der Waals surface area contributed by atoms with Crippen molar-refractivity contribution < 1.29 is 23.1 Å². The average molecular weight is 312 g/mol. The molecule has 1 aromatic carbocycles. The van der Waals surface area contributed by atoms with Crippen molar-refractivity contribution in [3.63, 3.8) is 0 Å². The minimum atomic E-state index is -3.89. The summed E-state index contributed by atoms with van der Waals surface area (Å²) in [5.74, 6) is -1.17. The van der Waals surface area contributed by atoms with Crippen LogP contribution in [0.25, 0.3) is 0 Å². The maximum atomic E-state index is 12.1. The van der Waals surface area contributed by atoms with Gasteiger partial charge in [0.05, 0.1) is 24.0 Å². The second-order valence-electron chi connectivity index (χ2n) is 4.28. The third-order valence-corrected chi connectivity index (χ3v) is 4.13. The number of carboxylic acids is 1. The normalized spacial score (nSPS) is 12.4. The average Bonchev–Trinajstić information content (AvgIpc) is 2.38. The number of aromatic carboxylic acids is 1. The molecule has 114 valence electrons. The van der Waals surface area contributed by atoms with Crippen molar-refractivity contribution in [2.24, 2.45) is 0 Å². The van der Waals surface area contributed by atoms with Gasteiger partial charge < -0.3 is 9.84 Å². The van der Waals surface area contributed by atoms with Crippen molar-refractivity contribution in [1.29, 1.82) is 5.26 Å². The van der Waals surface area contributed by atoms with Crippen molar-refractivity contribution in [2.75, 3.05) is 6.61 Å². The largest absolute Gasteiger partial charge is 0.493 e. The van der Waals surface area contributed by atoms with E-state index in [2.05, 4.69) is 4.72 Å². The molecule has 0 aliphatic rings. The van der Waals surface area contributed by atoms with Crippen molar-refractivity contribution in [2.45, 2.75) is 31.2 Å². The number of carbonyl (C=O) groups is 1. The van der Waals surface area contributed by atoms with E-state index in [1.54, 1.807) is 13.8 Å². The fraction of sp³-hybridized carbons (Fsp3) is 0.385. The molecule has 0 aliphatic heterocycles. The number of sulfonamides is 1. The number of ether oxygens (including phenoxy) is 1. The summed E-state index contributed by atoms with van der Waals surface area (Å²) in [4.78, 5) is 11.0. The van der Waals surface area contributed by atoms with Crippen LogP contribution in [0.1, 0.15) is 30.6 Å². The first-order valence-electron chi connectivity index (χ1n) is 6.21. The monoisotopic (exact) mass is 312 g/mol. The number of benzene rings is 1. The molecule has 0 aliphatic carbocycles. The number of nitrogens with one attached hydrogen (secondary N) is 1. The van der Waals surface area contributed by atoms with Crippen LogP contribution >= 0.6 is 0 Å². The lowest BCUT2D eigenvalue weighted by Gasteiger charge is -2.13. The number of hydrogen-bond acceptors (Lipinski definition) is 5. The van der Waals surface area contributed by atoms with Gasteiger partial charge in [0.25, 0.3) is 0 Å². The van der Waals surface area contributed by atoms with Crippen LogP contribution in [-0.2, 0) is 10.0 Å². The summed E-state index contributed by atoms with van der Waals surface area (Å²) >= 11 is 0. The van der Waals surface area contributed by atoms with E-state index in [4.69, 9.17) is 15.1 Å². The molecule has 1 unspecified atom stereocenters. The van der Waals surface area contributed by atoms with Crippen LogP contribution in [0.4, 0.5) is 0 Å². The summed E-state index contributed by atoms with van der Waals surface area (Å²) in [7, 11) is -3.89. The van der Waals surface area contributed by atoms with E-state index in [-0.39, 0.29) is 29.2 Å². The van der Waals surface area contributed by atoms with Gasteiger partial charge in [-0.3, -0.25) is 0 Å². The van der Waals surface area contributed by atoms with Crippen LogP contribution in [-0.4, -0.2) is 32.1 Å². The summed E-state index contributed by atoms with van der Waals surface area (Å²) < 4.78 is 31.7. The lowest BCUT2D eigenvalue weighted by molar-refractivity contribution is 0.0692. The minimum Gasteiger partial charge on any atom is -0.493 e. The highest BCUT2D eigenvalue weighted by Gasteiger charge is 2.21. The molecule has 0 saturated heterocycles. The Hall–Kier alpha value is -2.11. The third kappa shape index (κ3) is 4.44. The molecule has 0 bridgehead atoms. The van der Waals surface area contributed by atoms with E-state index in [0.29, 0.717) is 0 Å². The molecule has 0 radical (unpaired) electrons. The number of nitriles is 1. The molecule has 1 atom stereocenters. The van der Waals surface area contributed by atoms with Crippen LogP contribution in [0.5, 0.6) is 5.75 Å². The molecule has 0 aromatic heterocycles. The van der Waals surface area contributed by atoms with E-state index < -0.39 is 22.0 Å². The third-order valence-electron chi connectivity index (χ3n) is 2.55. The molecular weight excluding hydrogens is 296 g/mol. The van der Waals surface area contributed by atoms with Gasteiger partial charge in [-0.2, -0.15) is 5.26 Å². The predicted octanol–water partition coefficient (Wildman–Crippen LogP) is 1.36. The van der Waals surface area contributed by atoms with Gasteiger partial charge in [-0.25, -0.2) is 17.9 Å². The molecule has 0 fully saturated rings. The van der Waals surface area contributed by atoms with Gasteiger partial charge in [-0.05, 0) is 32.0 Å². The molecule has 2 N–H and O–H groups in total. The van der Waals surface area contributed by atoms with Gasteiger partial charge in [0, 0.05) is 6.04 Å². The lowest BCUT2D eigenvalue weighted by Crippen LogP contribution is -2.32. The van der Waals surface area contributed by atoms with Gasteiger partial charge in [0.1, 0.15) is 11.3 Å². The molecule has 8 heteroatoms. The zero-order valence-corrected chi connectivity index (χ0v) is 12.5. The van der Waals surface area contributed by atoms with Crippen molar-refractivity contribution in [3.05, 3.63) is 23.8 Å². The second-order valence-corrected chi connectivity index (χ2v) is 5.99. The molecule has 0 spiro atoms. The van der Waals surface area contributed by atoms with Crippen molar-refractivity contribution >= 4 is 16.0 Å². The number of carboxylic acid groups (broad SMARTS) is 1. The molecule has 1 rings (SSSR count). The molecule has 0 heterocycles. The van der Waals surface area contributed by atoms with E-state index in [9.17, 15) is 13.2 Å². The Morgan fingerprint density at radius 1 is 1.52 bits per heavy atom. The zero-order chi connectivity index (χ0) is 16.0. The summed E-state index contributed by atoms with van der Waals surface area (Å²) in [6, 6.07) is 4.89. The summed E-state index contributed by atoms with van der Waals surface area (Å²) in [6.07, 6.45) is 0.0159. The Balaban J connectivity index is 3.17. The Kier molecular flexibility index (Phi) is 5.69. The first-order chi connectivity index (χ1) is 9.81. The fourth-order valence-electron chi connectivity index (χ4n) is 1.64. The highest BCUT2D eigenvalue weighted by Crippen LogP contribution is 2.23. The Bertz CT molecular complexity index is 664. The number of hydrogen-bond donors (Lipinski definition) is 2. The molecular formula is C13H16N2O5S. The minimum absolute atomic E-state index is 0.0159. The van der Waals surface area contributed by atoms with Crippen LogP contribution in [0.15, 0.2) is 23.1 Å². The molecule has 7 nitrogen and oxygen atoms in total. The Morgan fingerprint density at radius 2 is 2.19 bits per heavy atom. The van der Waals surface area contributed by atoms with Gasteiger partial charge in [0.2, 0.25) is 10.0 Å². The maximum Gasteiger partial charge on any atom is 0.339 e. The van der Waals surface area contributed by atoms with E-state index in [1.165, 1.54) is 12.1 Å². The quantitative estimate of drug-likeness (QED) is 0.785. The SMILES string of the molecule is CCOc1ccc(S(=O)(=O)NC(C)CC#N)cc1C(=O)O. The van der Waals surface area contributed by atoms with E-state index >= 15 is 0 Å². The highest BCUT2D eigenvalue weighted by atomic mass is 32.2. The molecule has 0 amide bonds. The van der Waals surface area contributed by atoms with Gasteiger partial charge in [-0.15, -0.1) is 0 Å². The fourth-order valence-corrected chi connectivity index (χ4v) is 2.91. The molecule has 21 heavy (non-hydrogen) atoms. The predicted molar refractivity (Wildman–Crippen MR) is 74.6 cm³/mol. The van der Waals surface area contributed by atoms with E-state index in [0.717, 1.165) is 6.07 Å². The van der Waals surface area contributed by atoms with Gasteiger partial charge in [-0.1, -0.05) is 0 Å². The molecule has 1 aromatic rings. The second kappa shape index (κ2) is 7.06. The van der Waals surface area contributed by atoms with Gasteiger partial charge in [0.15, 0.2) is 0 Å². The first-order valence-corrected chi connectivity index (χ1v) is 7.69. The lowest BCUT2D eigenvalue weighted by atomic mass is 10.2. The Morgan fingerprint density at radius 3 is 2.71 bits per heavy atom. The highest BCUT2D eigenvalue weighted by molar-refractivity contribution is 7.89. The summed E-state index contributed by atoms with van der Waals surface area (Å²) in [6.45, 7) is 3.51. The van der Waals surface area contributed by atoms with Crippen molar-refractivity contribution in [1.82, 2.24) is 4.72 Å². The van der Waals surface area contributed by atoms with Crippen molar-refractivity contribution in [3.8, 4) is 11.8 Å². The smallest absolute Gasteiger partial charge is 0.339 e. The van der Waals surface area contributed by atoms with E-state index in [1.807, 2.05) is 6.07 Å². The van der Waals surface area contributed by atoms with Crippen LogP contribution in [0, 0.1) is 11.3 Å². The summed E-state index contributed by atoms with van der Waals surface area (Å²) in [5, 5.41) is 17.6. The molecule has 0 saturated carbocycles. The number of rotatable bonds is 7. The standard InChI is InChI=1S/C13H16N2O5S/c1-3-20-12-5-4-10(8-11(12)13(16)17)21(18,19)15-9(2)6-7-14/h4-5,8-9,15H,3,6H2,1-2H3,(H,16,17). The van der Waals surface area contributed by atoms with Crippen LogP contribution < -0.4 is 9.46 Å². The van der Waals surface area contributed by atoms with Crippen LogP contribution in [0.2, 0.25) is 0 Å². The van der Waals surface area contributed by atoms with Crippen LogP contribution in [0.3, 0.4) is 0 Å². The number of nitrogens with zero attached hydrogens (tertiary/aromatic N) is 1. The summed E-state index contributed by atoms with van der Waals surface area (Å²) in [5.41, 5.74) is -0.229. The topological polar surface area (TPSA) is 116 Å². The maximum absolute atomic E-state index is 12.1. The first kappa shape index (κ1) is 16.9.